The van der Waals surface area contributed by atoms with Crippen LogP contribution in [0.15, 0.2) is 0 Å². The Bertz CT molecular complexity index is 554. The summed E-state index contributed by atoms with van der Waals surface area (Å²) in [6, 6.07) is 0. The highest BCUT2D eigenvalue weighted by Crippen LogP contribution is 2.45. The Labute approximate surface area is 189 Å². The van der Waals surface area contributed by atoms with Gasteiger partial charge in [0.1, 0.15) is 6.10 Å². The highest BCUT2D eigenvalue weighted by molar-refractivity contribution is 6.77. The van der Waals surface area contributed by atoms with Crippen LogP contribution in [0.25, 0.3) is 0 Å². The van der Waals surface area contributed by atoms with Gasteiger partial charge < -0.3 is 13.6 Å². The molecule has 2 atom stereocenters. The molecule has 0 aromatic carbocycles. The topological polar surface area (TPSA) is 44.8 Å². The molecule has 0 aromatic heterocycles. The monoisotopic (exact) mass is 458 g/mol. The van der Waals surface area contributed by atoms with Crippen molar-refractivity contribution in [1.29, 1.82) is 0 Å². The van der Waals surface area contributed by atoms with Gasteiger partial charge in [-0.25, -0.2) is 0 Å². The fourth-order valence-corrected chi connectivity index (χ4v) is 11.4. The van der Waals surface area contributed by atoms with Crippen LogP contribution in [0.2, 0.25) is 34.8 Å². The maximum absolute atomic E-state index is 12.6. The molecule has 1 fully saturated rings. The zero-order valence-corrected chi connectivity index (χ0v) is 24.1. The van der Waals surface area contributed by atoms with E-state index in [4.69, 9.17) is 13.6 Å². The van der Waals surface area contributed by atoms with E-state index < -0.39 is 16.6 Å². The molecule has 178 valence electrons. The molecule has 0 N–H and O–H groups in total. The summed E-state index contributed by atoms with van der Waals surface area (Å²) in [5, 5.41) is 0.162. The SMILES string of the molecule is CC(C)[Si](O[C@H]1CC(=O)O[C@@H](C(C)(C)CO[Si](C)(C)C(C)(C)C)C1)(C(C)C)C(C)C. The van der Waals surface area contributed by atoms with Crippen LogP contribution in [-0.2, 0) is 18.4 Å². The van der Waals surface area contributed by atoms with Crippen molar-refractivity contribution >= 4 is 22.6 Å². The van der Waals surface area contributed by atoms with Crippen LogP contribution in [0.4, 0.5) is 0 Å². The van der Waals surface area contributed by atoms with Gasteiger partial charge in [0.15, 0.2) is 8.32 Å². The largest absolute Gasteiger partial charge is 0.462 e. The van der Waals surface area contributed by atoms with Gasteiger partial charge in [-0.05, 0) is 34.8 Å². The zero-order chi connectivity index (χ0) is 23.7. The number of carbonyl (C=O) groups is 1. The molecular formula is C24H50O4Si2. The van der Waals surface area contributed by atoms with Crippen LogP contribution >= 0.6 is 0 Å². The standard InChI is InChI=1S/C24H50O4Si2/c1-17(2)30(18(3)4,19(5)6)28-20-14-21(27-22(25)15-20)24(10,11)16-26-29(12,13)23(7,8)9/h17-21H,14-16H2,1-13H3/t20-,21-/m1/s1. The van der Waals surface area contributed by atoms with Gasteiger partial charge in [0, 0.05) is 18.4 Å². The van der Waals surface area contributed by atoms with Gasteiger partial charge in [-0.1, -0.05) is 76.2 Å². The van der Waals surface area contributed by atoms with Gasteiger partial charge >= 0.3 is 5.97 Å². The summed E-state index contributed by atoms with van der Waals surface area (Å²) in [5.41, 5.74) is 1.27. The molecule has 0 amide bonds. The smallest absolute Gasteiger partial charge is 0.308 e. The highest BCUT2D eigenvalue weighted by Gasteiger charge is 2.49. The Morgan fingerprint density at radius 1 is 0.967 bits per heavy atom. The third-order valence-corrected chi connectivity index (χ3v) is 18.3. The second-order valence-electron chi connectivity index (χ2n) is 12.5. The van der Waals surface area contributed by atoms with Gasteiger partial charge in [-0.2, -0.15) is 0 Å². The molecule has 1 aliphatic heterocycles. The molecule has 1 aliphatic rings. The second kappa shape index (κ2) is 9.76. The van der Waals surface area contributed by atoms with Crippen molar-refractivity contribution < 1.29 is 18.4 Å². The summed E-state index contributed by atoms with van der Waals surface area (Å²) >= 11 is 0. The van der Waals surface area contributed by atoms with E-state index in [1.165, 1.54) is 0 Å². The molecule has 30 heavy (non-hydrogen) atoms. The van der Waals surface area contributed by atoms with Gasteiger partial charge in [-0.15, -0.1) is 0 Å². The first kappa shape index (κ1) is 27.9. The Hall–Kier alpha value is -0.176. The molecular weight excluding hydrogens is 408 g/mol. The molecule has 4 nitrogen and oxygen atoms in total. The lowest BCUT2D eigenvalue weighted by molar-refractivity contribution is -0.170. The third-order valence-electron chi connectivity index (χ3n) is 7.71. The minimum absolute atomic E-state index is 0.0535. The van der Waals surface area contributed by atoms with Crippen molar-refractivity contribution in [2.45, 2.75) is 136 Å². The van der Waals surface area contributed by atoms with E-state index in [1.807, 2.05) is 0 Å². The lowest BCUT2D eigenvalue weighted by atomic mass is 9.83. The van der Waals surface area contributed by atoms with Crippen molar-refractivity contribution in [2.75, 3.05) is 6.61 Å². The Morgan fingerprint density at radius 3 is 1.83 bits per heavy atom. The van der Waals surface area contributed by atoms with Crippen molar-refractivity contribution in [2.24, 2.45) is 5.41 Å². The predicted molar refractivity (Wildman–Crippen MR) is 132 cm³/mol. The van der Waals surface area contributed by atoms with E-state index in [0.717, 1.165) is 6.42 Å². The van der Waals surface area contributed by atoms with Crippen LogP contribution in [0.1, 0.15) is 89.0 Å². The fraction of sp³-hybridized carbons (Fsp3) is 0.958. The number of rotatable bonds is 9. The predicted octanol–water partition coefficient (Wildman–Crippen LogP) is 7.30. The van der Waals surface area contributed by atoms with E-state index in [2.05, 4.69) is 89.3 Å². The summed E-state index contributed by atoms with van der Waals surface area (Å²) in [4.78, 5) is 12.6. The number of cyclic esters (lactones) is 1. The maximum atomic E-state index is 12.6. The van der Waals surface area contributed by atoms with Crippen LogP contribution in [0, 0.1) is 5.41 Å². The van der Waals surface area contributed by atoms with Crippen molar-refractivity contribution in [3.8, 4) is 0 Å². The Kier molecular flexibility index (Phi) is 9.06. The van der Waals surface area contributed by atoms with E-state index >= 15 is 0 Å². The molecule has 0 aliphatic carbocycles. The normalized spacial score (nSPS) is 22.2. The van der Waals surface area contributed by atoms with Crippen LogP contribution < -0.4 is 0 Å². The molecule has 6 heteroatoms. The van der Waals surface area contributed by atoms with Gasteiger partial charge in [0.25, 0.3) is 0 Å². The minimum Gasteiger partial charge on any atom is -0.462 e. The molecule has 0 unspecified atom stereocenters. The van der Waals surface area contributed by atoms with Crippen LogP contribution in [0.3, 0.4) is 0 Å². The molecule has 0 aromatic rings. The average Bonchev–Trinajstić information content (AvgIpc) is 2.55. The van der Waals surface area contributed by atoms with E-state index in [-0.39, 0.29) is 28.6 Å². The fourth-order valence-electron chi connectivity index (χ4n) is 4.70. The number of hydrogen-bond acceptors (Lipinski definition) is 4. The molecule has 1 rings (SSSR count). The molecule has 1 heterocycles. The number of carbonyl (C=O) groups excluding carboxylic acids is 1. The molecule has 0 spiro atoms. The van der Waals surface area contributed by atoms with Crippen molar-refractivity contribution in [3.63, 3.8) is 0 Å². The summed E-state index contributed by atoms with van der Waals surface area (Å²) in [7, 11) is -3.90. The maximum Gasteiger partial charge on any atom is 0.308 e. The number of hydrogen-bond donors (Lipinski definition) is 0. The summed E-state index contributed by atoms with van der Waals surface area (Å²) in [6.45, 7) is 30.0. The van der Waals surface area contributed by atoms with E-state index in [1.54, 1.807) is 0 Å². The van der Waals surface area contributed by atoms with Crippen molar-refractivity contribution in [1.82, 2.24) is 0 Å². The van der Waals surface area contributed by atoms with Crippen molar-refractivity contribution in [3.05, 3.63) is 0 Å². The van der Waals surface area contributed by atoms with E-state index in [0.29, 0.717) is 29.7 Å². The quantitative estimate of drug-likeness (QED) is 0.268. The first-order valence-electron chi connectivity index (χ1n) is 11.9. The number of esters is 1. The summed E-state index contributed by atoms with van der Waals surface area (Å²) in [6.07, 6.45) is 0.908. The second-order valence-corrected chi connectivity index (χ2v) is 22.7. The molecule has 0 radical (unpaired) electrons. The van der Waals surface area contributed by atoms with Gasteiger partial charge in [0.05, 0.1) is 12.5 Å². The summed E-state index contributed by atoms with van der Waals surface area (Å²) < 4.78 is 19.3. The van der Waals surface area contributed by atoms with E-state index in [9.17, 15) is 4.79 Å². The third kappa shape index (κ3) is 6.20. The zero-order valence-electron chi connectivity index (χ0n) is 22.1. The molecule has 0 saturated carbocycles. The van der Waals surface area contributed by atoms with Crippen LogP contribution in [0.5, 0.6) is 0 Å². The molecule has 0 bridgehead atoms. The van der Waals surface area contributed by atoms with Crippen LogP contribution in [-0.4, -0.2) is 41.4 Å². The van der Waals surface area contributed by atoms with Gasteiger partial charge in [-0.3, -0.25) is 4.79 Å². The average molecular weight is 459 g/mol. The Balaban J connectivity index is 3.01. The highest BCUT2D eigenvalue weighted by atomic mass is 28.4. The Morgan fingerprint density at radius 2 is 1.43 bits per heavy atom. The number of ether oxygens (including phenoxy) is 1. The lowest BCUT2D eigenvalue weighted by Gasteiger charge is -2.47. The first-order chi connectivity index (χ1) is 13.4. The lowest BCUT2D eigenvalue weighted by Crippen LogP contribution is -2.54. The summed E-state index contributed by atoms with van der Waals surface area (Å²) in [5.74, 6) is -0.129. The minimum atomic E-state index is -2.04. The van der Waals surface area contributed by atoms with Gasteiger partial charge in [0.2, 0.25) is 8.32 Å². The molecule has 1 saturated heterocycles. The first-order valence-corrected chi connectivity index (χ1v) is 16.9.